The van der Waals surface area contributed by atoms with E-state index in [-0.39, 0.29) is 11.9 Å². The van der Waals surface area contributed by atoms with Crippen LogP contribution in [0.25, 0.3) is 0 Å². The standard InChI is InChI=1S/C17H18ClNO/c1-11-6-4-9-16(12(11)2)17(20)19-13(3)14-7-5-8-15(18)10-14/h4-10,13H,1-3H3,(H,19,20). The molecule has 1 amide bonds. The maximum Gasteiger partial charge on any atom is 0.252 e. The zero-order chi connectivity index (χ0) is 14.7. The van der Waals surface area contributed by atoms with Crippen molar-refractivity contribution in [3.63, 3.8) is 0 Å². The summed E-state index contributed by atoms with van der Waals surface area (Å²) in [5, 5.41) is 3.69. The summed E-state index contributed by atoms with van der Waals surface area (Å²) in [5.74, 6) is -0.0568. The Labute approximate surface area is 124 Å². The third kappa shape index (κ3) is 3.20. The molecule has 0 aliphatic heterocycles. The van der Waals surface area contributed by atoms with Gasteiger partial charge in [0.1, 0.15) is 0 Å². The van der Waals surface area contributed by atoms with Gasteiger partial charge in [-0.1, -0.05) is 35.9 Å². The molecule has 0 aliphatic rings. The lowest BCUT2D eigenvalue weighted by Gasteiger charge is -2.16. The van der Waals surface area contributed by atoms with Crippen molar-refractivity contribution in [2.75, 3.05) is 0 Å². The smallest absolute Gasteiger partial charge is 0.252 e. The summed E-state index contributed by atoms with van der Waals surface area (Å²) in [5.41, 5.74) is 3.85. The van der Waals surface area contributed by atoms with Crippen LogP contribution in [0.4, 0.5) is 0 Å². The first-order chi connectivity index (χ1) is 9.49. The van der Waals surface area contributed by atoms with E-state index in [0.29, 0.717) is 5.02 Å². The minimum Gasteiger partial charge on any atom is -0.346 e. The summed E-state index contributed by atoms with van der Waals surface area (Å²) in [4.78, 5) is 12.3. The fourth-order valence-corrected chi connectivity index (χ4v) is 2.33. The fourth-order valence-electron chi connectivity index (χ4n) is 2.13. The second-order valence-corrected chi connectivity index (χ2v) is 5.43. The van der Waals surface area contributed by atoms with Crippen LogP contribution in [0, 0.1) is 13.8 Å². The number of carbonyl (C=O) groups excluding carboxylic acids is 1. The first-order valence-electron chi connectivity index (χ1n) is 6.61. The molecule has 2 rings (SSSR count). The molecular weight excluding hydrogens is 270 g/mol. The zero-order valence-corrected chi connectivity index (χ0v) is 12.7. The van der Waals surface area contributed by atoms with Crippen molar-refractivity contribution in [1.82, 2.24) is 5.32 Å². The fraction of sp³-hybridized carbons (Fsp3) is 0.235. The Morgan fingerprint density at radius 2 is 1.85 bits per heavy atom. The molecule has 20 heavy (non-hydrogen) atoms. The molecule has 3 heteroatoms. The maximum absolute atomic E-state index is 12.3. The average Bonchev–Trinajstić information content (AvgIpc) is 2.41. The highest BCUT2D eigenvalue weighted by Gasteiger charge is 2.14. The number of carbonyl (C=O) groups is 1. The van der Waals surface area contributed by atoms with Crippen LogP contribution >= 0.6 is 11.6 Å². The van der Waals surface area contributed by atoms with Gasteiger partial charge >= 0.3 is 0 Å². The van der Waals surface area contributed by atoms with Crippen molar-refractivity contribution >= 4 is 17.5 Å². The Morgan fingerprint density at radius 1 is 1.15 bits per heavy atom. The lowest BCUT2D eigenvalue weighted by Crippen LogP contribution is -2.27. The lowest BCUT2D eigenvalue weighted by atomic mass is 10.0. The number of benzene rings is 2. The molecule has 0 bridgehead atoms. The predicted octanol–water partition coefficient (Wildman–Crippen LogP) is 4.45. The highest BCUT2D eigenvalue weighted by atomic mass is 35.5. The Morgan fingerprint density at radius 3 is 2.55 bits per heavy atom. The molecule has 2 aromatic rings. The number of halogens is 1. The minimum atomic E-state index is -0.0823. The predicted molar refractivity (Wildman–Crippen MR) is 83.2 cm³/mol. The van der Waals surface area contributed by atoms with Crippen molar-refractivity contribution in [3.8, 4) is 0 Å². The van der Waals surface area contributed by atoms with Crippen molar-refractivity contribution in [2.45, 2.75) is 26.8 Å². The van der Waals surface area contributed by atoms with Crippen molar-refractivity contribution in [1.29, 1.82) is 0 Å². The largest absolute Gasteiger partial charge is 0.346 e. The van der Waals surface area contributed by atoms with Crippen molar-refractivity contribution in [3.05, 3.63) is 69.7 Å². The first-order valence-corrected chi connectivity index (χ1v) is 6.99. The van der Waals surface area contributed by atoms with E-state index >= 15 is 0 Å². The Hall–Kier alpha value is -1.80. The molecule has 0 saturated heterocycles. The van der Waals surface area contributed by atoms with Crippen molar-refractivity contribution in [2.24, 2.45) is 0 Å². The summed E-state index contributed by atoms with van der Waals surface area (Å²) in [6, 6.07) is 13.2. The van der Waals surface area contributed by atoms with E-state index in [2.05, 4.69) is 5.32 Å². The van der Waals surface area contributed by atoms with Crippen LogP contribution in [0.1, 0.15) is 40.0 Å². The number of hydrogen-bond donors (Lipinski definition) is 1. The molecule has 0 fully saturated rings. The second-order valence-electron chi connectivity index (χ2n) is 5.00. The van der Waals surface area contributed by atoms with Gasteiger partial charge in [-0.25, -0.2) is 0 Å². The molecule has 0 saturated carbocycles. The van der Waals surface area contributed by atoms with Crippen LogP contribution in [0.3, 0.4) is 0 Å². The zero-order valence-electron chi connectivity index (χ0n) is 11.9. The number of nitrogens with one attached hydrogen (secondary N) is 1. The van der Waals surface area contributed by atoms with Gasteiger partial charge in [-0.15, -0.1) is 0 Å². The molecular formula is C17H18ClNO. The molecule has 0 spiro atoms. The Kier molecular flexibility index (Phi) is 4.46. The van der Waals surface area contributed by atoms with Gasteiger partial charge in [0.15, 0.2) is 0 Å². The highest BCUT2D eigenvalue weighted by Crippen LogP contribution is 2.19. The molecule has 2 nitrogen and oxygen atoms in total. The summed E-state index contributed by atoms with van der Waals surface area (Å²) >= 11 is 5.98. The summed E-state index contributed by atoms with van der Waals surface area (Å²) < 4.78 is 0. The quantitative estimate of drug-likeness (QED) is 0.888. The van der Waals surface area contributed by atoms with Crippen LogP contribution < -0.4 is 5.32 Å². The topological polar surface area (TPSA) is 29.1 Å². The van der Waals surface area contributed by atoms with Gasteiger partial charge < -0.3 is 5.32 Å². The number of hydrogen-bond acceptors (Lipinski definition) is 1. The normalized spacial score (nSPS) is 12.0. The number of aryl methyl sites for hydroxylation is 1. The molecule has 0 radical (unpaired) electrons. The van der Waals surface area contributed by atoms with Gasteiger partial charge in [-0.2, -0.15) is 0 Å². The van der Waals surface area contributed by atoms with Gasteiger partial charge in [-0.05, 0) is 55.7 Å². The maximum atomic E-state index is 12.3. The van der Waals surface area contributed by atoms with Gasteiger partial charge in [-0.3, -0.25) is 4.79 Å². The van der Waals surface area contributed by atoms with Crippen LogP contribution in [-0.4, -0.2) is 5.91 Å². The second kappa shape index (κ2) is 6.10. The van der Waals surface area contributed by atoms with Gasteiger partial charge in [0.05, 0.1) is 6.04 Å². The van der Waals surface area contributed by atoms with E-state index in [4.69, 9.17) is 11.6 Å². The molecule has 0 aromatic heterocycles. The molecule has 2 aromatic carbocycles. The first kappa shape index (κ1) is 14.6. The van der Waals surface area contributed by atoms with E-state index in [1.54, 1.807) is 0 Å². The van der Waals surface area contributed by atoms with E-state index < -0.39 is 0 Å². The van der Waals surface area contributed by atoms with Gasteiger partial charge in [0, 0.05) is 10.6 Å². The average molecular weight is 288 g/mol. The Bertz CT molecular complexity index is 637. The molecule has 1 atom stereocenters. The Balaban J connectivity index is 2.17. The molecule has 0 aliphatic carbocycles. The van der Waals surface area contributed by atoms with E-state index in [9.17, 15) is 4.79 Å². The van der Waals surface area contributed by atoms with Crippen molar-refractivity contribution < 1.29 is 4.79 Å². The summed E-state index contributed by atoms with van der Waals surface area (Å²) in [7, 11) is 0. The lowest BCUT2D eigenvalue weighted by molar-refractivity contribution is 0.0939. The number of rotatable bonds is 3. The van der Waals surface area contributed by atoms with Gasteiger partial charge in [0.25, 0.3) is 5.91 Å². The monoisotopic (exact) mass is 287 g/mol. The molecule has 104 valence electrons. The van der Waals surface area contributed by atoms with E-state index in [1.165, 1.54) is 0 Å². The minimum absolute atomic E-state index is 0.0568. The summed E-state index contributed by atoms with van der Waals surface area (Å²) in [6.45, 7) is 5.93. The third-order valence-corrected chi connectivity index (χ3v) is 3.78. The van der Waals surface area contributed by atoms with Crippen LogP contribution in [0.15, 0.2) is 42.5 Å². The van der Waals surface area contributed by atoms with Gasteiger partial charge in [0.2, 0.25) is 0 Å². The van der Waals surface area contributed by atoms with E-state index in [0.717, 1.165) is 22.3 Å². The summed E-state index contributed by atoms with van der Waals surface area (Å²) in [6.07, 6.45) is 0. The van der Waals surface area contributed by atoms with Crippen LogP contribution in [0.2, 0.25) is 5.02 Å². The SMILES string of the molecule is Cc1cccc(C(=O)NC(C)c2cccc(Cl)c2)c1C. The molecule has 1 N–H and O–H groups in total. The van der Waals surface area contributed by atoms with E-state index in [1.807, 2.05) is 63.2 Å². The van der Waals surface area contributed by atoms with Crippen LogP contribution in [-0.2, 0) is 0 Å². The third-order valence-electron chi connectivity index (χ3n) is 3.55. The highest BCUT2D eigenvalue weighted by molar-refractivity contribution is 6.30. The molecule has 1 unspecified atom stereocenters. The molecule has 0 heterocycles. The number of amides is 1. The van der Waals surface area contributed by atoms with Crippen LogP contribution in [0.5, 0.6) is 0 Å².